The first kappa shape index (κ1) is 14.8. The van der Waals surface area contributed by atoms with Gasteiger partial charge in [-0.05, 0) is 30.3 Å². The minimum atomic E-state index is -0.427. The molecule has 1 saturated heterocycles. The van der Waals surface area contributed by atoms with E-state index in [2.05, 4.69) is 20.6 Å². The number of aromatic nitrogens is 2. The van der Waals surface area contributed by atoms with Crippen molar-refractivity contribution in [3.05, 3.63) is 16.4 Å². The molecule has 2 rings (SSSR count). The van der Waals surface area contributed by atoms with Crippen molar-refractivity contribution >= 4 is 29.1 Å². The molecule has 1 fully saturated rings. The Morgan fingerprint density at radius 1 is 1.45 bits per heavy atom. The Kier molecular flexibility index (Phi) is 5.40. The van der Waals surface area contributed by atoms with Crippen LogP contribution in [0.25, 0.3) is 0 Å². The standard InChI is InChI=1S/C12H19N5O2S/c1-2-4-13-11-10(17(18)19)12(16-8-15-11)14-6-9-3-5-20-7-9/h8-9H,2-7H2,1H3,(H2,13,14,15,16). The third kappa shape index (κ3) is 3.72. The average Bonchev–Trinajstić information content (AvgIpc) is 2.95. The maximum Gasteiger partial charge on any atom is 0.353 e. The first-order chi connectivity index (χ1) is 9.72. The monoisotopic (exact) mass is 297 g/mol. The fourth-order valence-corrected chi connectivity index (χ4v) is 3.32. The highest BCUT2D eigenvalue weighted by Gasteiger charge is 2.24. The SMILES string of the molecule is CCCNc1ncnc(NCC2CCSC2)c1[N+](=O)[O-]. The molecular formula is C12H19N5O2S. The van der Waals surface area contributed by atoms with Gasteiger partial charge in [0.05, 0.1) is 4.92 Å². The van der Waals surface area contributed by atoms with Gasteiger partial charge in [-0.3, -0.25) is 10.1 Å². The highest BCUT2D eigenvalue weighted by atomic mass is 32.2. The largest absolute Gasteiger partial charge is 0.364 e. The summed E-state index contributed by atoms with van der Waals surface area (Å²) in [5.74, 6) is 3.42. The molecule has 2 N–H and O–H groups in total. The fraction of sp³-hybridized carbons (Fsp3) is 0.667. The zero-order valence-corrected chi connectivity index (χ0v) is 12.3. The van der Waals surface area contributed by atoms with E-state index in [1.165, 1.54) is 12.1 Å². The molecule has 110 valence electrons. The Hall–Kier alpha value is -1.57. The molecule has 7 nitrogen and oxygen atoms in total. The summed E-state index contributed by atoms with van der Waals surface area (Å²) in [5.41, 5.74) is -0.0633. The molecule has 0 radical (unpaired) electrons. The second-order valence-corrected chi connectivity index (χ2v) is 5.86. The third-order valence-electron chi connectivity index (χ3n) is 3.13. The summed E-state index contributed by atoms with van der Waals surface area (Å²) in [6.07, 6.45) is 3.39. The summed E-state index contributed by atoms with van der Waals surface area (Å²) in [4.78, 5) is 18.8. The smallest absolute Gasteiger partial charge is 0.353 e. The van der Waals surface area contributed by atoms with Gasteiger partial charge in [0, 0.05) is 13.1 Å². The van der Waals surface area contributed by atoms with Gasteiger partial charge in [-0.1, -0.05) is 6.92 Å². The molecule has 0 saturated carbocycles. The second kappa shape index (κ2) is 7.28. The Bertz CT molecular complexity index is 465. The van der Waals surface area contributed by atoms with Crippen LogP contribution in [0.15, 0.2) is 6.33 Å². The van der Waals surface area contributed by atoms with E-state index in [1.807, 2.05) is 18.7 Å². The van der Waals surface area contributed by atoms with Crippen LogP contribution in [0, 0.1) is 16.0 Å². The number of hydrogen-bond donors (Lipinski definition) is 2. The zero-order chi connectivity index (χ0) is 14.4. The molecule has 1 aliphatic heterocycles. The van der Waals surface area contributed by atoms with Crippen molar-refractivity contribution in [2.24, 2.45) is 5.92 Å². The van der Waals surface area contributed by atoms with Crippen molar-refractivity contribution < 1.29 is 4.92 Å². The van der Waals surface area contributed by atoms with E-state index in [4.69, 9.17) is 0 Å². The molecule has 0 aliphatic carbocycles. The maximum atomic E-state index is 11.2. The molecular weight excluding hydrogens is 278 g/mol. The van der Waals surface area contributed by atoms with E-state index in [1.54, 1.807) is 0 Å². The molecule has 0 amide bonds. The highest BCUT2D eigenvalue weighted by molar-refractivity contribution is 7.99. The van der Waals surface area contributed by atoms with Crippen molar-refractivity contribution in [1.29, 1.82) is 0 Å². The van der Waals surface area contributed by atoms with Gasteiger partial charge < -0.3 is 10.6 Å². The van der Waals surface area contributed by atoms with Crippen LogP contribution in [0.3, 0.4) is 0 Å². The van der Waals surface area contributed by atoms with Gasteiger partial charge >= 0.3 is 5.69 Å². The van der Waals surface area contributed by atoms with Crippen LogP contribution in [-0.2, 0) is 0 Å². The van der Waals surface area contributed by atoms with E-state index in [-0.39, 0.29) is 11.5 Å². The molecule has 0 aromatic carbocycles. The van der Waals surface area contributed by atoms with Crippen LogP contribution in [0.2, 0.25) is 0 Å². The molecule has 1 aliphatic rings. The van der Waals surface area contributed by atoms with Crippen molar-refractivity contribution in [1.82, 2.24) is 9.97 Å². The van der Waals surface area contributed by atoms with Crippen molar-refractivity contribution in [2.75, 3.05) is 35.2 Å². The van der Waals surface area contributed by atoms with Crippen molar-refractivity contribution in [2.45, 2.75) is 19.8 Å². The molecule has 1 atom stereocenters. The molecule has 1 unspecified atom stereocenters. The van der Waals surface area contributed by atoms with E-state index >= 15 is 0 Å². The number of nitrogens with zero attached hydrogens (tertiary/aromatic N) is 3. The summed E-state index contributed by atoms with van der Waals surface area (Å²) in [7, 11) is 0. The van der Waals surface area contributed by atoms with Crippen LogP contribution in [0.4, 0.5) is 17.3 Å². The van der Waals surface area contributed by atoms with Gasteiger partial charge in [0.25, 0.3) is 0 Å². The van der Waals surface area contributed by atoms with Crippen LogP contribution in [0.1, 0.15) is 19.8 Å². The molecule has 8 heteroatoms. The molecule has 0 spiro atoms. The van der Waals surface area contributed by atoms with E-state index < -0.39 is 4.92 Å². The van der Waals surface area contributed by atoms with Gasteiger partial charge in [0.15, 0.2) is 0 Å². The lowest BCUT2D eigenvalue weighted by molar-refractivity contribution is -0.383. The summed E-state index contributed by atoms with van der Waals surface area (Å²) >= 11 is 1.92. The molecule has 20 heavy (non-hydrogen) atoms. The minimum Gasteiger partial charge on any atom is -0.364 e. The summed E-state index contributed by atoms with van der Waals surface area (Å²) in [6.45, 7) is 3.37. The van der Waals surface area contributed by atoms with Crippen molar-refractivity contribution in [3.8, 4) is 0 Å². The maximum absolute atomic E-state index is 11.2. The summed E-state index contributed by atoms with van der Waals surface area (Å²) in [6, 6.07) is 0. The predicted molar refractivity (Wildman–Crippen MR) is 81.4 cm³/mol. The Morgan fingerprint density at radius 2 is 2.20 bits per heavy atom. The normalized spacial score (nSPS) is 17.9. The zero-order valence-electron chi connectivity index (χ0n) is 11.5. The van der Waals surface area contributed by atoms with Crippen LogP contribution in [-0.4, -0.2) is 39.5 Å². The second-order valence-electron chi connectivity index (χ2n) is 4.71. The Morgan fingerprint density at radius 3 is 2.80 bits per heavy atom. The quantitative estimate of drug-likeness (QED) is 0.589. The third-order valence-corrected chi connectivity index (χ3v) is 4.36. The first-order valence-electron chi connectivity index (χ1n) is 6.77. The van der Waals surface area contributed by atoms with E-state index in [0.717, 1.165) is 25.1 Å². The number of nitrogens with one attached hydrogen (secondary N) is 2. The Labute approximate surface area is 122 Å². The predicted octanol–water partition coefficient (Wildman–Crippen LogP) is 2.37. The summed E-state index contributed by atoms with van der Waals surface area (Å²) in [5, 5.41) is 17.3. The van der Waals surface area contributed by atoms with Gasteiger partial charge in [-0.2, -0.15) is 11.8 Å². The lowest BCUT2D eigenvalue weighted by Gasteiger charge is -2.12. The molecule has 2 heterocycles. The van der Waals surface area contributed by atoms with E-state index in [9.17, 15) is 10.1 Å². The van der Waals surface area contributed by atoms with Crippen LogP contribution >= 0.6 is 11.8 Å². The van der Waals surface area contributed by atoms with Gasteiger partial charge in [-0.15, -0.1) is 0 Å². The highest BCUT2D eigenvalue weighted by Crippen LogP contribution is 2.30. The van der Waals surface area contributed by atoms with E-state index in [0.29, 0.717) is 18.3 Å². The van der Waals surface area contributed by atoms with Gasteiger partial charge in [-0.25, -0.2) is 9.97 Å². The number of hydrogen-bond acceptors (Lipinski definition) is 7. The first-order valence-corrected chi connectivity index (χ1v) is 7.92. The lowest BCUT2D eigenvalue weighted by Crippen LogP contribution is -2.16. The molecule has 0 bridgehead atoms. The van der Waals surface area contributed by atoms with Crippen LogP contribution < -0.4 is 10.6 Å². The topological polar surface area (TPSA) is 93.0 Å². The number of thioether (sulfide) groups is 1. The van der Waals surface area contributed by atoms with Crippen LogP contribution in [0.5, 0.6) is 0 Å². The average molecular weight is 297 g/mol. The minimum absolute atomic E-state index is 0.0633. The number of anilines is 2. The lowest BCUT2D eigenvalue weighted by atomic mass is 10.1. The molecule has 1 aromatic heterocycles. The Balaban J connectivity index is 2.11. The van der Waals surface area contributed by atoms with Gasteiger partial charge in [0.1, 0.15) is 6.33 Å². The summed E-state index contributed by atoms with van der Waals surface area (Å²) < 4.78 is 0. The van der Waals surface area contributed by atoms with Gasteiger partial charge in [0.2, 0.25) is 11.6 Å². The number of nitro groups is 1. The fourth-order valence-electron chi connectivity index (χ4n) is 2.04. The van der Waals surface area contributed by atoms with Crippen molar-refractivity contribution in [3.63, 3.8) is 0 Å². The molecule has 1 aromatic rings. The number of rotatable bonds is 7.